The fourth-order valence-electron chi connectivity index (χ4n) is 4.58. The average molecular weight is 350 g/mol. The second kappa shape index (κ2) is 6.94. The quantitative estimate of drug-likeness (QED) is 0.774. The Bertz CT molecular complexity index is 549. The molecule has 0 aromatic heterocycles. The van der Waals surface area contributed by atoms with Gasteiger partial charge >= 0.3 is 6.03 Å². The predicted octanol–water partition coefficient (Wildman–Crippen LogP) is 1.17. The van der Waals surface area contributed by atoms with Crippen LogP contribution in [0.3, 0.4) is 0 Å². The first-order valence-corrected chi connectivity index (χ1v) is 9.50. The van der Waals surface area contributed by atoms with Crippen LogP contribution in [0, 0.1) is 5.92 Å². The van der Waals surface area contributed by atoms with Crippen LogP contribution in [-0.2, 0) is 9.59 Å². The summed E-state index contributed by atoms with van der Waals surface area (Å²) >= 11 is 0. The van der Waals surface area contributed by atoms with E-state index in [0.717, 1.165) is 32.1 Å². The highest BCUT2D eigenvalue weighted by Crippen LogP contribution is 2.39. The molecule has 0 bridgehead atoms. The number of likely N-dealkylation sites (N-methyl/N-ethyl adjacent to an activating group) is 1. The molecule has 2 heterocycles. The van der Waals surface area contributed by atoms with E-state index < -0.39 is 5.54 Å². The molecule has 7 heteroatoms. The van der Waals surface area contributed by atoms with Crippen LogP contribution < -0.4 is 5.73 Å². The highest BCUT2D eigenvalue weighted by atomic mass is 16.2. The van der Waals surface area contributed by atoms with E-state index in [4.69, 9.17) is 5.73 Å². The summed E-state index contributed by atoms with van der Waals surface area (Å²) in [6, 6.07) is -0.190. The Labute approximate surface area is 149 Å². The number of amides is 4. The van der Waals surface area contributed by atoms with Gasteiger partial charge in [0.1, 0.15) is 12.1 Å². The molecule has 0 radical (unpaired) electrons. The first-order chi connectivity index (χ1) is 11.9. The highest BCUT2D eigenvalue weighted by Gasteiger charge is 2.56. The number of hydrogen-bond donors (Lipinski definition) is 1. The monoisotopic (exact) mass is 350 g/mol. The van der Waals surface area contributed by atoms with E-state index in [-0.39, 0.29) is 30.4 Å². The van der Waals surface area contributed by atoms with Gasteiger partial charge < -0.3 is 15.5 Å². The maximum absolute atomic E-state index is 12.9. The van der Waals surface area contributed by atoms with Gasteiger partial charge in [-0.2, -0.15) is 0 Å². The SMILES string of the molecule is CC(N)C1CCN(C(=O)CN2C(=O)N(C)C3(CCCCC3)C2=O)CC1. The molecular weight excluding hydrogens is 320 g/mol. The van der Waals surface area contributed by atoms with Gasteiger partial charge in [0.05, 0.1) is 0 Å². The van der Waals surface area contributed by atoms with E-state index in [0.29, 0.717) is 31.8 Å². The summed E-state index contributed by atoms with van der Waals surface area (Å²) in [7, 11) is 1.70. The molecule has 3 aliphatic rings. The van der Waals surface area contributed by atoms with Crippen molar-refractivity contribution in [3.63, 3.8) is 0 Å². The van der Waals surface area contributed by atoms with Crippen molar-refractivity contribution in [3.05, 3.63) is 0 Å². The summed E-state index contributed by atoms with van der Waals surface area (Å²) in [5, 5.41) is 0. The molecule has 3 fully saturated rings. The van der Waals surface area contributed by atoms with Crippen LogP contribution in [0.5, 0.6) is 0 Å². The zero-order chi connectivity index (χ0) is 18.2. The molecule has 7 nitrogen and oxygen atoms in total. The van der Waals surface area contributed by atoms with Crippen LogP contribution in [0.25, 0.3) is 0 Å². The Balaban J connectivity index is 1.64. The predicted molar refractivity (Wildman–Crippen MR) is 93.6 cm³/mol. The number of imide groups is 1. The Hall–Kier alpha value is -1.63. The number of urea groups is 1. The molecule has 0 aromatic carbocycles. The maximum atomic E-state index is 12.9. The molecule has 1 saturated carbocycles. The molecule has 2 aliphatic heterocycles. The molecule has 1 unspecified atom stereocenters. The van der Waals surface area contributed by atoms with Gasteiger partial charge in [-0.15, -0.1) is 0 Å². The van der Waals surface area contributed by atoms with Crippen LogP contribution >= 0.6 is 0 Å². The van der Waals surface area contributed by atoms with Gasteiger partial charge in [-0.3, -0.25) is 14.5 Å². The lowest BCUT2D eigenvalue weighted by molar-refractivity contribution is -0.141. The summed E-state index contributed by atoms with van der Waals surface area (Å²) in [6.07, 6.45) is 6.19. The van der Waals surface area contributed by atoms with Crippen LogP contribution in [-0.4, -0.2) is 70.8 Å². The lowest BCUT2D eigenvalue weighted by Gasteiger charge is -2.36. The number of hydrogen-bond acceptors (Lipinski definition) is 4. The van der Waals surface area contributed by atoms with Crippen molar-refractivity contribution in [1.82, 2.24) is 14.7 Å². The minimum Gasteiger partial charge on any atom is -0.341 e. The summed E-state index contributed by atoms with van der Waals surface area (Å²) in [4.78, 5) is 42.7. The fraction of sp³-hybridized carbons (Fsp3) is 0.833. The normalized spacial score (nSPS) is 25.8. The summed E-state index contributed by atoms with van der Waals surface area (Å²) in [5.74, 6) is 0.125. The fourth-order valence-corrected chi connectivity index (χ4v) is 4.58. The van der Waals surface area contributed by atoms with Gasteiger partial charge in [0.2, 0.25) is 5.91 Å². The van der Waals surface area contributed by atoms with E-state index >= 15 is 0 Å². The third-order valence-corrected chi connectivity index (χ3v) is 6.41. The molecule has 4 amide bonds. The van der Waals surface area contributed by atoms with E-state index in [1.54, 1.807) is 16.8 Å². The highest BCUT2D eigenvalue weighted by molar-refractivity contribution is 6.08. The van der Waals surface area contributed by atoms with Crippen LogP contribution in [0.2, 0.25) is 0 Å². The van der Waals surface area contributed by atoms with Crippen molar-refractivity contribution in [1.29, 1.82) is 0 Å². The summed E-state index contributed by atoms with van der Waals surface area (Å²) < 4.78 is 0. The van der Waals surface area contributed by atoms with Crippen LogP contribution in [0.1, 0.15) is 51.9 Å². The molecule has 2 saturated heterocycles. The second-order valence-corrected chi connectivity index (χ2v) is 7.90. The number of piperidine rings is 1. The molecule has 1 spiro atoms. The number of carbonyl (C=O) groups is 3. The van der Waals surface area contributed by atoms with E-state index in [1.165, 1.54) is 4.90 Å². The van der Waals surface area contributed by atoms with Gasteiger partial charge in [-0.05, 0) is 38.5 Å². The molecule has 1 atom stereocenters. The van der Waals surface area contributed by atoms with E-state index in [9.17, 15) is 14.4 Å². The van der Waals surface area contributed by atoms with E-state index in [2.05, 4.69) is 0 Å². The third-order valence-electron chi connectivity index (χ3n) is 6.41. The minimum atomic E-state index is -0.711. The Morgan fingerprint density at radius 2 is 1.80 bits per heavy atom. The minimum absolute atomic E-state index is 0.132. The van der Waals surface area contributed by atoms with Crippen molar-refractivity contribution < 1.29 is 14.4 Å². The van der Waals surface area contributed by atoms with Crippen molar-refractivity contribution in [2.75, 3.05) is 26.7 Å². The third kappa shape index (κ3) is 3.14. The Morgan fingerprint density at radius 3 is 2.36 bits per heavy atom. The molecule has 2 N–H and O–H groups in total. The zero-order valence-electron chi connectivity index (χ0n) is 15.4. The zero-order valence-corrected chi connectivity index (χ0v) is 15.4. The van der Waals surface area contributed by atoms with Crippen molar-refractivity contribution in [3.8, 4) is 0 Å². The molecule has 25 heavy (non-hydrogen) atoms. The largest absolute Gasteiger partial charge is 0.341 e. The number of rotatable bonds is 3. The first-order valence-electron chi connectivity index (χ1n) is 9.50. The van der Waals surface area contributed by atoms with Gasteiger partial charge in [0.15, 0.2) is 0 Å². The Kier molecular flexibility index (Phi) is 5.04. The number of nitrogens with zero attached hydrogens (tertiary/aromatic N) is 3. The maximum Gasteiger partial charge on any atom is 0.327 e. The molecule has 1 aliphatic carbocycles. The molecule has 3 rings (SSSR count). The van der Waals surface area contributed by atoms with Gasteiger partial charge in [-0.1, -0.05) is 19.3 Å². The van der Waals surface area contributed by atoms with Gasteiger partial charge in [-0.25, -0.2) is 4.79 Å². The van der Waals surface area contributed by atoms with Crippen LogP contribution in [0.4, 0.5) is 4.79 Å². The number of nitrogens with two attached hydrogens (primary N) is 1. The lowest BCUT2D eigenvalue weighted by atomic mass is 9.81. The van der Waals surface area contributed by atoms with Gasteiger partial charge in [0.25, 0.3) is 5.91 Å². The topological polar surface area (TPSA) is 86.9 Å². The molecule has 0 aromatic rings. The number of carbonyl (C=O) groups excluding carboxylic acids is 3. The smallest absolute Gasteiger partial charge is 0.327 e. The van der Waals surface area contributed by atoms with E-state index in [1.807, 2.05) is 6.92 Å². The molecular formula is C18H30N4O3. The summed E-state index contributed by atoms with van der Waals surface area (Å²) in [6.45, 7) is 3.18. The van der Waals surface area contributed by atoms with Crippen molar-refractivity contribution >= 4 is 17.8 Å². The van der Waals surface area contributed by atoms with Crippen molar-refractivity contribution in [2.45, 2.75) is 63.5 Å². The lowest BCUT2D eigenvalue weighted by Crippen LogP contribution is -2.50. The Morgan fingerprint density at radius 1 is 1.20 bits per heavy atom. The van der Waals surface area contributed by atoms with Crippen LogP contribution in [0.15, 0.2) is 0 Å². The average Bonchev–Trinajstić information content (AvgIpc) is 2.79. The van der Waals surface area contributed by atoms with Gasteiger partial charge in [0, 0.05) is 26.2 Å². The first kappa shape index (κ1) is 18.2. The number of likely N-dealkylation sites (tertiary alicyclic amines) is 1. The standard InChI is InChI=1S/C18H30N4O3/c1-13(19)14-6-10-21(11-7-14)15(23)12-22-16(24)18(20(2)17(22)25)8-4-3-5-9-18/h13-14H,3-12,19H2,1-2H3. The summed E-state index contributed by atoms with van der Waals surface area (Å²) in [5.41, 5.74) is 5.23. The molecule has 140 valence electrons. The van der Waals surface area contributed by atoms with Crippen molar-refractivity contribution in [2.24, 2.45) is 11.7 Å². The second-order valence-electron chi connectivity index (χ2n) is 7.90.